The number of benzene rings is 1. The largest absolute Gasteiger partial charge is 0.464 e. The normalized spacial score (nSPS) is 9.64. The van der Waals surface area contributed by atoms with Gasteiger partial charge in [0.2, 0.25) is 0 Å². The van der Waals surface area contributed by atoms with Gasteiger partial charge < -0.3 is 10.1 Å². The zero-order chi connectivity index (χ0) is 15.9. The van der Waals surface area contributed by atoms with Crippen LogP contribution in [0.15, 0.2) is 36.7 Å². The summed E-state index contributed by atoms with van der Waals surface area (Å²) < 4.78 is 4.54. The number of nitrogens with one attached hydrogen (secondary N) is 1. The Morgan fingerprint density at radius 1 is 1.23 bits per heavy atom. The van der Waals surface area contributed by atoms with Crippen LogP contribution in [0.25, 0.3) is 4.85 Å². The second kappa shape index (κ2) is 6.95. The molecule has 0 unspecified atom stereocenters. The molecule has 0 saturated heterocycles. The van der Waals surface area contributed by atoms with E-state index in [-0.39, 0.29) is 17.9 Å². The highest BCUT2D eigenvalue weighted by Gasteiger charge is 2.13. The Kier molecular flexibility index (Phi) is 4.78. The molecule has 0 aliphatic carbocycles. The van der Waals surface area contributed by atoms with Crippen molar-refractivity contribution in [1.82, 2.24) is 15.3 Å². The van der Waals surface area contributed by atoms with Gasteiger partial charge in [0.15, 0.2) is 11.4 Å². The lowest BCUT2D eigenvalue weighted by Crippen LogP contribution is -2.24. The third-order valence-electron chi connectivity index (χ3n) is 2.81. The predicted octanol–water partition coefficient (Wildman–Crippen LogP) is 1.74. The van der Waals surface area contributed by atoms with Gasteiger partial charge >= 0.3 is 5.97 Å². The maximum absolute atomic E-state index is 12.0. The quantitative estimate of drug-likeness (QED) is 0.686. The molecule has 0 bridgehead atoms. The summed E-state index contributed by atoms with van der Waals surface area (Å²) >= 11 is 0. The van der Waals surface area contributed by atoms with E-state index >= 15 is 0 Å². The first-order chi connectivity index (χ1) is 10.6. The van der Waals surface area contributed by atoms with Crippen LogP contribution in [0.5, 0.6) is 0 Å². The van der Waals surface area contributed by atoms with Gasteiger partial charge in [-0.25, -0.2) is 19.6 Å². The van der Waals surface area contributed by atoms with Gasteiger partial charge in [0, 0.05) is 12.6 Å². The smallest absolute Gasteiger partial charge is 0.356 e. The van der Waals surface area contributed by atoms with Gasteiger partial charge in [0.1, 0.15) is 12.0 Å². The van der Waals surface area contributed by atoms with Crippen molar-refractivity contribution in [3.8, 4) is 0 Å². The topological polar surface area (TPSA) is 85.5 Å². The van der Waals surface area contributed by atoms with Crippen LogP contribution >= 0.6 is 0 Å². The van der Waals surface area contributed by atoms with Crippen LogP contribution in [0.4, 0.5) is 5.69 Å². The highest BCUT2D eigenvalue weighted by molar-refractivity contribution is 5.95. The summed E-state index contributed by atoms with van der Waals surface area (Å²) in [6, 6.07) is 8.13. The van der Waals surface area contributed by atoms with Crippen LogP contribution in [0, 0.1) is 6.57 Å². The summed E-state index contributed by atoms with van der Waals surface area (Å²) in [6.45, 7) is 7.16. The fourth-order valence-electron chi connectivity index (χ4n) is 1.66. The minimum Gasteiger partial charge on any atom is -0.464 e. The van der Waals surface area contributed by atoms with E-state index in [0.29, 0.717) is 5.69 Å². The summed E-state index contributed by atoms with van der Waals surface area (Å²) in [5.41, 5.74) is 1.48. The molecule has 1 N–H and O–H groups in total. The Bertz CT molecular complexity index is 735. The van der Waals surface area contributed by atoms with Crippen LogP contribution in [0.3, 0.4) is 0 Å². The van der Waals surface area contributed by atoms with E-state index in [1.54, 1.807) is 24.3 Å². The summed E-state index contributed by atoms with van der Waals surface area (Å²) in [6.07, 6.45) is 1.13. The minimum absolute atomic E-state index is 0.0176. The number of nitrogens with zero attached hydrogens (tertiary/aromatic N) is 3. The number of rotatable bonds is 4. The van der Waals surface area contributed by atoms with Crippen LogP contribution < -0.4 is 5.32 Å². The average Bonchev–Trinajstić information content (AvgIpc) is 2.59. The number of hydrogen-bond donors (Lipinski definition) is 1. The molecule has 1 heterocycles. The number of amides is 1. The number of ether oxygens (including phenoxy) is 1. The summed E-state index contributed by atoms with van der Waals surface area (Å²) in [5.74, 6) is -1.06. The monoisotopic (exact) mass is 296 g/mol. The van der Waals surface area contributed by atoms with Crippen molar-refractivity contribution < 1.29 is 14.3 Å². The lowest BCUT2D eigenvalue weighted by molar-refractivity contribution is 0.0593. The Labute approximate surface area is 126 Å². The molecule has 110 valence electrons. The number of esters is 1. The number of methoxy groups -OCH3 is 1. The lowest BCUT2D eigenvalue weighted by atomic mass is 10.2. The van der Waals surface area contributed by atoms with Gasteiger partial charge in [-0.2, -0.15) is 0 Å². The van der Waals surface area contributed by atoms with E-state index in [1.165, 1.54) is 13.2 Å². The third kappa shape index (κ3) is 3.64. The van der Waals surface area contributed by atoms with E-state index in [0.717, 1.165) is 11.9 Å². The van der Waals surface area contributed by atoms with Crippen molar-refractivity contribution in [2.45, 2.75) is 6.54 Å². The molecule has 7 nitrogen and oxygen atoms in total. The second-order valence-electron chi connectivity index (χ2n) is 4.24. The van der Waals surface area contributed by atoms with Crippen molar-refractivity contribution in [2.75, 3.05) is 7.11 Å². The Morgan fingerprint density at radius 2 is 1.91 bits per heavy atom. The molecule has 0 aliphatic rings. The Balaban J connectivity index is 2.03. The molecular weight excluding hydrogens is 284 g/mol. The first-order valence-corrected chi connectivity index (χ1v) is 6.29. The standard InChI is InChI=1S/C15H12N4O3/c1-16-11-5-3-10(4-6-11)8-17-14(20)12-7-13(15(21)22-2)19-9-18-12/h3-7,9H,8H2,2H3,(H,17,20). The van der Waals surface area contributed by atoms with Crippen molar-refractivity contribution >= 4 is 17.6 Å². The molecule has 2 aromatic rings. The summed E-state index contributed by atoms with van der Waals surface area (Å²) in [5, 5.41) is 2.68. The van der Waals surface area contributed by atoms with Crippen molar-refractivity contribution in [3.05, 3.63) is 65.0 Å². The molecule has 0 saturated carbocycles. The fourth-order valence-corrected chi connectivity index (χ4v) is 1.66. The number of carbonyl (C=O) groups excluding carboxylic acids is 2. The number of hydrogen-bond acceptors (Lipinski definition) is 5. The van der Waals surface area contributed by atoms with E-state index in [2.05, 4.69) is 24.9 Å². The highest BCUT2D eigenvalue weighted by Crippen LogP contribution is 2.12. The molecule has 0 aliphatic heterocycles. The highest BCUT2D eigenvalue weighted by atomic mass is 16.5. The van der Waals surface area contributed by atoms with E-state index < -0.39 is 11.9 Å². The van der Waals surface area contributed by atoms with E-state index in [9.17, 15) is 9.59 Å². The van der Waals surface area contributed by atoms with Gasteiger partial charge in [0.25, 0.3) is 5.91 Å². The van der Waals surface area contributed by atoms with Gasteiger partial charge in [-0.3, -0.25) is 4.79 Å². The van der Waals surface area contributed by atoms with Crippen molar-refractivity contribution in [3.63, 3.8) is 0 Å². The minimum atomic E-state index is -0.633. The Hall–Kier alpha value is -3.27. The summed E-state index contributed by atoms with van der Waals surface area (Å²) in [4.78, 5) is 34.2. The first kappa shape index (κ1) is 15.1. The lowest BCUT2D eigenvalue weighted by Gasteiger charge is -2.05. The number of aromatic nitrogens is 2. The molecular formula is C15H12N4O3. The number of carbonyl (C=O) groups is 2. The molecule has 0 spiro atoms. The molecule has 0 radical (unpaired) electrons. The van der Waals surface area contributed by atoms with Crippen LogP contribution in [-0.4, -0.2) is 29.0 Å². The van der Waals surface area contributed by atoms with E-state index in [4.69, 9.17) is 6.57 Å². The molecule has 1 aromatic carbocycles. The SMILES string of the molecule is [C-]#[N+]c1ccc(CNC(=O)c2cc(C(=O)OC)ncn2)cc1. The molecule has 2 rings (SSSR count). The third-order valence-corrected chi connectivity index (χ3v) is 2.81. The molecule has 7 heteroatoms. The molecule has 0 atom stereocenters. The van der Waals surface area contributed by atoms with E-state index in [1.807, 2.05) is 0 Å². The first-order valence-electron chi connectivity index (χ1n) is 6.29. The van der Waals surface area contributed by atoms with Crippen LogP contribution in [-0.2, 0) is 11.3 Å². The maximum Gasteiger partial charge on any atom is 0.356 e. The molecule has 1 aromatic heterocycles. The Morgan fingerprint density at radius 3 is 2.55 bits per heavy atom. The van der Waals surface area contributed by atoms with Crippen molar-refractivity contribution in [1.29, 1.82) is 0 Å². The molecule has 1 amide bonds. The van der Waals surface area contributed by atoms with Gasteiger partial charge in [-0.1, -0.05) is 24.3 Å². The molecule has 0 fully saturated rings. The van der Waals surface area contributed by atoms with Gasteiger partial charge in [-0.15, -0.1) is 0 Å². The van der Waals surface area contributed by atoms with Crippen LogP contribution in [0.2, 0.25) is 0 Å². The van der Waals surface area contributed by atoms with Crippen molar-refractivity contribution in [2.24, 2.45) is 0 Å². The zero-order valence-electron chi connectivity index (χ0n) is 11.7. The second-order valence-corrected chi connectivity index (χ2v) is 4.24. The predicted molar refractivity (Wildman–Crippen MR) is 77.2 cm³/mol. The summed E-state index contributed by atoms with van der Waals surface area (Å²) in [7, 11) is 1.23. The van der Waals surface area contributed by atoms with Crippen LogP contribution in [0.1, 0.15) is 26.5 Å². The molecule has 22 heavy (non-hydrogen) atoms. The zero-order valence-corrected chi connectivity index (χ0v) is 11.7. The maximum atomic E-state index is 12.0. The van der Waals surface area contributed by atoms with Gasteiger partial charge in [-0.05, 0) is 5.56 Å². The van der Waals surface area contributed by atoms with Gasteiger partial charge in [0.05, 0.1) is 13.7 Å². The average molecular weight is 296 g/mol. The fraction of sp³-hybridized carbons (Fsp3) is 0.133.